The maximum atomic E-state index is 11.7. The van der Waals surface area contributed by atoms with Gasteiger partial charge in [-0.2, -0.15) is 0 Å². The summed E-state index contributed by atoms with van der Waals surface area (Å²) in [4.78, 5) is 30.9. The van der Waals surface area contributed by atoms with Crippen molar-refractivity contribution in [2.24, 2.45) is 0 Å². The number of nitrogens with one attached hydrogen (secondary N) is 2. The van der Waals surface area contributed by atoms with Crippen molar-refractivity contribution < 1.29 is 19.8 Å². The summed E-state index contributed by atoms with van der Waals surface area (Å²) >= 11 is 0. The highest BCUT2D eigenvalue weighted by Crippen LogP contribution is 2.08. The molecule has 0 aromatic carbocycles. The van der Waals surface area contributed by atoms with E-state index in [4.69, 9.17) is 0 Å². The lowest BCUT2D eigenvalue weighted by molar-refractivity contribution is 0.0927. The fourth-order valence-corrected chi connectivity index (χ4v) is 1.66. The van der Waals surface area contributed by atoms with E-state index >= 15 is 0 Å². The molecular weight excluding hydrogens is 288 g/mol. The van der Waals surface area contributed by atoms with Gasteiger partial charge in [0.1, 0.15) is 11.5 Å². The highest BCUT2D eigenvalue weighted by molar-refractivity contribution is 5.95. The Kier molecular flexibility index (Phi) is 4.86. The minimum absolute atomic E-state index is 0.0997. The summed E-state index contributed by atoms with van der Waals surface area (Å²) in [6.45, 7) is 0.402. The zero-order valence-corrected chi connectivity index (χ0v) is 11.5. The average Bonchev–Trinajstić information content (AvgIpc) is 2.51. The van der Waals surface area contributed by atoms with E-state index in [1.54, 1.807) is 0 Å². The summed E-state index contributed by atoms with van der Waals surface area (Å²) < 4.78 is 0. The number of pyridine rings is 2. The molecule has 0 aliphatic carbocycles. The van der Waals surface area contributed by atoms with Gasteiger partial charge in [-0.1, -0.05) is 0 Å². The highest BCUT2D eigenvalue weighted by atomic mass is 16.3. The van der Waals surface area contributed by atoms with E-state index in [1.807, 2.05) is 0 Å². The zero-order valence-electron chi connectivity index (χ0n) is 11.5. The molecule has 8 heteroatoms. The average molecular weight is 302 g/mol. The molecule has 0 saturated carbocycles. The normalized spacial score (nSPS) is 10.0. The molecule has 0 atom stereocenters. The molecule has 0 fully saturated rings. The lowest BCUT2D eigenvalue weighted by Crippen LogP contribution is -2.34. The predicted molar refractivity (Wildman–Crippen MR) is 76.5 cm³/mol. The second kappa shape index (κ2) is 7.02. The number of carbonyl (C=O) groups excluding carboxylic acids is 2. The van der Waals surface area contributed by atoms with Crippen molar-refractivity contribution in [3.05, 3.63) is 48.0 Å². The van der Waals surface area contributed by atoms with Gasteiger partial charge in [-0.15, -0.1) is 0 Å². The number of hydrogen-bond acceptors (Lipinski definition) is 6. The molecule has 8 nitrogen and oxygen atoms in total. The van der Waals surface area contributed by atoms with Crippen molar-refractivity contribution in [2.75, 3.05) is 13.1 Å². The van der Waals surface area contributed by atoms with E-state index < -0.39 is 11.8 Å². The van der Waals surface area contributed by atoms with Crippen molar-refractivity contribution in [3.63, 3.8) is 0 Å². The molecule has 2 aromatic rings. The van der Waals surface area contributed by atoms with Crippen LogP contribution in [0.25, 0.3) is 0 Å². The number of carbonyl (C=O) groups is 2. The third kappa shape index (κ3) is 4.17. The molecule has 2 rings (SSSR count). The Labute approximate surface area is 125 Å². The van der Waals surface area contributed by atoms with E-state index in [1.165, 1.54) is 36.9 Å². The first-order chi connectivity index (χ1) is 10.6. The summed E-state index contributed by atoms with van der Waals surface area (Å²) in [6, 6.07) is 2.58. The monoisotopic (exact) mass is 302 g/mol. The van der Waals surface area contributed by atoms with Crippen LogP contribution < -0.4 is 10.6 Å². The van der Waals surface area contributed by atoms with Gasteiger partial charge in [0.15, 0.2) is 0 Å². The first kappa shape index (κ1) is 15.2. The topological polar surface area (TPSA) is 124 Å². The molecule has 0 unspecified atom stereocenters. The Hall–Kier alpha value is -3.16. The van der Waals surface area contributed by atoms with Gasteiger partial charge in [-0.3, -0.25) is 19.6 Å². The largest absolute Gasteiger partial charge is 0.506 e. The molecule has 114 valence electrons. The van der Waals surface area contributed by atoms with Crippen molar-refractivity contribution in [1.82, 2.24) is 20.6 Å². The standard InChI is InChI=1S/C14H14N4O4/c19-11-3-9(5-15-7-11)13(21)17-1-2-18-14(22)10-4-12(20)8-16-6-10/h3-8,19-20H,1-2H2,(H,17,21)(H,18,22). The van der Waals surface area contributed by atoms with Crippen LogP contribution in [-0.2, 0) is 0 Å². The van der Waals surface area contributed by atoms with Crippen molar-refractivity contribution >= 4 is 11.8 Å². The minimum Gasteiger partial charge on any atom is -0.506 e. The van der Waals surface area contributed by atoms with Crippen LogP contribution in [0.15, 0.2) is 36.9 Å². The first-order valence-corrected chi connectivity index (χ1v) is 6.40. The van der Waals surface area contributed by atoms with Crippen LogP contribution in [0, 0.1) is 0 Å². The number of amides is 2. The van der Waals surface area contributed by atoms with Crippen molar-refractivity contribution in [2.45, 2.75) is 0 Å². The van der Waals surface area contributed by atoms with Gasteiger partial charge in [-0.05, 0) is 12.1 Å². The Morgan fingerprint density at radius 1 is 0.818 bits per heavy atom. The van der Waals surface area contributed by atoms with Crippen LogP contribution >= 0.6 is 0 Å². The maximum absolute atomic E-state index is 11.7. The van der Waals surface area contributed by atoms with Gasteiger partial charge in [0.2, 0.25) is 0 Å². The number of hydrogen-bond donors (Lipinski definition) is 4. The number of aromatic hydroxyl groups is 2. The van der Waals surface area contributed by atoms with Gasteiger partial charge in [0.05, 0.1) is 23.5 Å². The fraction of sp³-hybridized carbons (Fsp3) is 0.143. The third-order valence-electron chi connectivity index (χ3n) is 2.67. The molecular formula is C14H14N4O4. The third-order valence-corrected chi connectivity index (χ3v) is 2.67. The Bertz CT molecular complexity index is 631. The van der Waals surface area contributed by atoms with E-state index in [0.29, 0.717) is 0 Å². The number of rotatable bonds is 5. The molecule has 2 aromatic heterocycles. The van der Waals surface area contributed by atoms with Gasteiger partial charge < -0.3 is 20.8 Å². The number of nitrogens with zero attached hydrogens (tertiary/aromatic N) is 2. The summed E-state index contributed by atoms with van der Waals surface area (Å²) in [5, 5.41) is 23.6. The Morgan fingerprint density at radius 3 is 1.59 bits per heavy atom. The van der Waals surface area contributed by atoms with Crippen molar-refractivity contribution in [3.8, 4) is 11.5 Å². The molecule has 4 N–H and O–H groups in total. The fourth-order valence-electron chi connectivity index (χ4n) is 1.66. The summed E-state index contributed by atoms with van der Waals surface area (Å²) in [7, 11) is 0. The van der Waals surface area contributed by atoms with Crippen LogP contribution in [0.2, 0.25) is 0 Å². The van der Waals surface area contributed by atoms with Crippen molar-refractivity contribution in [1.29, 1.82) is 0 Å². The minimum atomic E-state index is -0.406. The van der Waals surface area contributed by atoms with Gasteiger partial charge in [-0.25, -0.2) is 0 Å². The molecule has 2 amide bonds. The Morgan fingerprint density at radius 2 is 1.23 bits per heavy atom. The maximum Gasteiger partial charge on any atom is 0.253 e. The molecule has 0 bridgehead atoms. The molecule has 22 heavy (non-hydrogen) atoms. The number of aromatic nitrogens is 2. The van der Waals surface area contributed by atoms with Crippen LogP contribution in [0.3, 0.4) is 0 Å². The van der Waals surface area contributed by atoms with Gasteiger partial charge >= 0.3 is 0 Å². The molecule has 0 spiro atoms. The van der Waals surface area contributed by atoms with Crippen LogP contribution in [0.4, 0.5) is 0 Å². The van der Waals surface area contributed by atoms with Crippen LogP contribution in [0.5, 0.6) is 11.5 Å². The molecule has 0 radical (unpaired) electrons. The molecule has 0 aliphatic rings. The lowest BCUT2D eigenvalue weighted by atomic mass is 10.2. The second-order valence-electron chi connectivity index (χ2n) is 4.38. The second-order valence-corrected chi connectivity index (χ2v) is 4.38. The summed E-state index contributed by atoms with van der Waals surface area (Å²) in [5.74, 6) is -1.01. The van der Waals surface area contributed by atoms with Crippen LogP contribution in [0.1, 0.15) is 20.7 Å². The molecule has 2 heterocycles. The van der Waals surface area contributed by atoms with E-state index in [2.05, 4.69) is 20.6 Å². The molecule has 0 aliphatic heterocycles. The van der Waals surface area contributed by atoms with E-state index in [9.17, 15) is 19.8 Å². The highest BCUT2D eigenvalue weighted by Gasteiger charge is 2.08. The van der Waals surface area contributed by atoms with Gasteiger partial charge in [0.25, 0.3) is 11.8 Å². The lowest BCUT2D eigenvalue weighted by Gasteiger charge is -2.07. The molecule has 0 saturated heterocycles. The summed E-state index contributed by atoms with van der Waals surface area (Å²) in [5.41, 5.74) is 0.451. The quantitative estimate of drug-likeness (QED) is 0.578. The van der Waals surface area contributed by atoms with Gasteiger partial charge in [0, 0.05) is 25.5 Å². The Balaban J connectivity index is 1.77. The first-order valence-electron chi connectivity index (χ1n) is 6.40. The summed E-state index contributed by atoms with van der Waals surface area (Å²) in [6.07, 6.45) is 5.10. The SMILES string of the molecule is O=C(NCCNC(=O)c1cncc(O)c1)c1cncc(O)c1. The van der Waals surface area contributed by atoms with E-state index in [0.717, 1.165) is 0 Å². The van der Waals surface area contributed by atoms with E-state index in [-0.39, 0.29) is 35.7 Å². The van der Waals surface area contributed by atoms with Crippen LogP contribution in [-0.4, -0.2) is 45.1 Å². The predicted octanol–water partition coefficient (Wildman–Crippen LogP) is 0.0476. The zero-order chi connectivity index (χ0) is 15.9. The smallest absolute Gasteiger partial charge is 0.253 e.